The highest BCUT2D eigenvalue weighted by Gasteiger charge is 2.34. The van der Waals surface area contributed by atoms with Gasteiger partial charge in [-0.2, -0.15) is 0 Å². The zero-order valence-electron chi connectivity index (χ0n) is 27.1. The average Bonchev–Trinajstić information content (AvgIpc) is 3.50. The molecule has 0 aliphatic carbocycles. The van der Waals surface area contributed by atoms with Crippen LogP contribution in [0.4, 0.5) is 5.69 Å². The molecule has 1 unspecified atom stereocenters. The van der Waals surface area contributed by atoms with Gasteiger partial charge >= 0.3 is 0 Å². The van der Waals surface area contributed by atoms with E-state index >= 15 is 0 Å². The molecule has 0 aliphatic heterocycles. The van der Waals surface area contributed by atoms with Crippen LogP contribution in [0.1, 0.15) is 22.7 Å². The van der Waals surface area contributed by atoms with Crippen molar-refractivity contribution in [3.8, 4) is 28.7 Å². The molecule has 2 amide bonds. The SMILES string of the molecule is COc1ccc(NC(=O)C(c2cc(OC)c(OC)c(OC)c2)N(Cc2ccc(C)cc2)C(=O)Cn2nnc3ccccc32)c(OC)c1. The monoisotopic (exact) mass is 639 g/mol. The normalized spacial score (nSPS) is 11.4. The van der Waals surface area contributed by atoms with Crippen LogP contribution in [0, 0.1) is 6.92 Å². The molecule has 5 aromatic rings. The molecule has 0 saturated carbocycles. The Morgan fingerprint density at radius 3 is 2.13 bits per heavy atom. The quantitative estimate of drug-likeness (QED) is 0.185. The molecular weight excluding hydrogens is 602 g/mol. The summed E-state index contributed by atoms with van der Waals surface area (Å²) in [4.78, 5) is 30.5. The molecule has 47 heavy (non-hydrogen) atoms. The number of methoxy groups -OCH3 is 5. The van der Waals surface area contributed by atoms with Crippen molar-refractivity contribution in [2.45, 2.75) is 26.1 Å². The Morgan fingerprint density at radius 1 is 0.809 bits per heavy atom. The number of ether oxygens (including phenoxy) is 5. The molecule has 12 heteroatoms. The van der Waals surface area contributed by atoms with Crippen molar-refractivity contribution in [3.63, 3.8) is 0 Å². The van der Waals surface area contributed by atoms with E-state index in [1.54, 1.807) is 37.4 Å². The van der Waals surface area contributed by atoms with E-state index in [9.17, 15) is 9.59 Å². The number of para-hydroxylation sites is 1. The molecular formula is C35H37N5O7. The summed E-state index contributed by atoms with van der Waals surface area (Å²) in [6.45, 7) is 1.91. The van der Waals surface area contributed by atoms with Crippen LogP contribution in [0.5, 0.6) is 28.7 Å². The first-order valence-corrected chi connectivity index (χ1v) is 14.8. The van der Waals surface area contributed by atoms with Crippen LogP contribution in [0.25, 0.3) is 11.0 Å². The molecule has 0 bridgehead atoms. The zero-order valence-corrected chi connectivity index (χ0v) is 27.1. The fraction of sp³-hybridized carbons (Fsp3) is 0.257. The fourth-order valence-electron chi connectivity index (χ4n) is 5.30. The number of carbonyl (C=O) groups excluding carboxylic acids is 2. The molecule has 1 aromatic heterocycles. The van der Waals surface area contributed by atoms with Crippen LogP contribution in [-0.2, 0) is 22.7 Å². The maximum absolute atomic E-state index is 14.6. The van der Waals surface area contributed by atoms with Crippen molar-refractivity contribution in [2.75, 3.05) is 40.9 Å². The van der Waals surface area contributed by atoms with Crippen molar-refractivity contribution >= 4 is 28.5 Å². The lowest BCUT2D eigenvalue weighted by Crippen LogP contribution is -2.42. The highest BCUT2D eigenvalue weighted by molar-refractivity contribution is 5.99. The first-order valence-electron chi connectivity index (χ1n) is 14.8. The Balaban J connectivity index is 1.65. The minimum absolute atomic E-state index is 0.0975. The molecule has 0 saturated heterocycles. The van der Waals surface area contributed by atoms with Gasteiger partial charge in [0, 0.05) is 12.6 Å². The van der Waals surface area contributed by atoms with E-state index < -0.39 is 11.9 Å². The second-order valence-corrected chi connectivity index (χ2v) is 10.7. The molecule has 4 aromatic carbocycles. The number of aromatic nitrogens is 3. The van der Waals surface area contributed by atoms with Gasteiger partial charge in [-0.1, -0.05) is 47.2 Å². The number of carbonyl (C=O) groups is 2. The van der Waals surface area contributed by atoms with Gasteiger partial charge in [0.1, 0.15) is 29.6 Å². The number of fused-ring (bicyclic) bond motifs is 1. The smallest absolute Gasteiger partial charge is 0.251 e. The molecule has 1 N–H and O–H groups in total. The Bertz CT molecular complexity index is 1850. The van der Waals surface area contributed by atoms with E-state index in [1.807, 2.05) is 55.5 Å². The second kappa shape index (κ2) is 14.5. The first-order chi connectivity index (χ1) is 22.8. The van der Waals surface area contributed by atoms with Crippen molar-refractivity contribution < 1.29 is 33.3 Å². The third kappa shape index (κ3) is 7.06. The minimum Gasteiger partial charge on any atom is -0.497 e. The summed E-state index contributed by atoms with van der Waals surface area (Å²) < 4.78 is 29.2. The van der Waals surface area contributed by atoms with Crippen LogP contribution >= 0.6 is 0 Å². The topological polar surface area (TPSA) is 126 Å². The van der Waals surface area contributed by atoms with Gasteiger partial charge in [0.05, 0.1) is 46.8 Å². The molecule has 0 spiro atoms. The van der Waals surface area contributed by atoms with Gasteiger partial charge in [-0.05, 0) is 54.4 Å². The summed E-state index contributed by atoms with van der Waals surface area (Å²) >= 11 is 0. The maximum atomic E-state index is 14.6. The maximum Gasteiger partial charge on any atom is 0.251 e. The Morgan fingerprint density at radius 2 is 1.49 bits per heavy atom. The van der Waals surface area contributed by atoms with Crippen molar-refractivity contribution in [2.24, 2.45) is 0 Å². The predicted molar refractivity (Wildman–Crippen MR) is 176 cm³/mol. The first kappa shape index (κ1) is 32.6. The molecule has 1 atom stereocenters. The van der Waals surface area contributed by atoms with Crippen LogP contribution in [0.2, 0.25) is 0 Å². The highest BCUT2D eigenvalue weighted by Crippen LogP contribution is 2.42. The summed E-state index contributed by atoms with van der Waals surface area (Å²) in [5, 5.41) is 11.4. The average molecular weight is 640 g/mol. The number of hydrogen-bond acceptors (Lipinski definition) is 9. The summed E-state index contributed by atoms with van der Waals surface area (Å²) in [5.41, 5.74) is 4.03. The van der Waals surface area contributed by atoms with Crippen LogP contribution in [0.3, 0.4) is 0 Å². The third-order valence-corrected chi connectivity index (χ3v) is 7.73. The standard InChI is InChI=1S/C35H37N5O7/c1-22-11-13-23(14-12-22)20-39(32(41)21-40-28-10-8-7-9-26(28)37-38-40)33(24-17-30(45-4)34(47-6)31(18-24)46-5)35(42)36-27-16-15-25(43-2)19-29(27)44-3/h7-19,33H,20-21H2,1-6H3,(H,36,42). The minimum atomic E-state index is -1.18. The van der Waals surface area contributed by atoms with E-state index in [4.69, 9.17) is 23.7 Å². The number of aryl methyl sites for hydroxylation is 1. The molecule has 0 aliphatic rings. The molecule has 1 heterocycles. The number of hydrogen-bond donors (Lipinski definition) is 1. The van der Waals surface area contributed by atoms with Crippen LogP contribution in [0.15, 0.2) is 78.9 Å². The van der Waals surface area contributed by atoms with Gasteiger partial charge in [0.25, 0.3) is 5.91 Å². The van der Waals surface area contributed by atoms with Gasteiger partial charge in [0.15, 0.2) is 11.5 Å². The lowest BCUT2D eigenvalue weighted by molar-refractivity contribution is -0.140. The molecule has 0 radical (unpaired) electrons. The lowest BCUT2D eigenvalue weighted by atomic mass is 10.0. The molecule has 0 fully saturated rings. The van der Waals surface area contributed by atoms with Crippen LogP contribution < -0.4 is 29.0 Å². The predicted octanol–water partition coefficient (Wildman–Crippen LogP) is 5.19. The molecule has 5 rings (SSSR count). The zero-order chi connectivity index (χ0) is 33.5. The number of nitrogens with zero attached hydrogens (tertiary/aromatic N) is 4. The van der Waals surface area contributed by atoms with Gasteiger partial charge in [-0.3, -0.25) is 9.59 Å². The van der Waals surface area contributed by atoms with Gasteiger partial charge in [-0.25, -0.2) is 4.68 Å². The van der Waals surface area contributed by atoms with E-state index in [-0.39, 0.29) is 19.0 Å². The number of rotatable bonds is 13. The number of benzene rings is 4. The highest BCUT2D eigenvalue weighted by atomic mass is 16.5. The van der Waals surface area contributed by atoms with Gasteiger partial charge < -0.3 is 33.9 Å². The van der Waals surface area contributed by atoms with Crippen molar-refractivity contribution in [3.05, 3.63) is 95.6 Å². The summed E-state index contributed by atoms with van der Waals surface area (Å²) in [5.74, 6) is 1.05. The number of nitrogens with one attached hydrogen (secondary N) is 1. The lowest BCUT2D eigenvalue weighted by Gasteiger charge is -2.32. The van der Waals surface area contributed by atoms with E-state index in [2.05, 4.69) is 15.6 Å². The Kier molecular flexibility index (Phi) is 10.1. The summed E-state index contributed by atoms with van der Waals surface area (Å²) in [6, 6.07) is 22.3. The summed E-state index contributed by atoms with van der Waals surface area (Å²) in [7, 11) is 7.51. The van der Waals surface area contributed by atoms with E-state index in [1.165, 1.54) is 38.0 Å². The van der Waals surface area contributed by atoms with E-state index in [0.29, 0.717) is 51.0 Å². The number of amides is 2. The molecule has 244 valence electrons. The van der Waals surface area contributed by atoms with Crippen molar-refractivity contribution in [1.29, 1.82) is 0 Å². The largest absolute Gasteiger partial charge is 0.497 e. The number of anilines is 1. The fourth-order valence-corrected chi connectivity index (χ4v) is 5.30. The Labute approximate surface area is 272 Å². The van der Waals surface area contributed by atoms with Gasteiger partial charge in [-0.15, -0.1) is 5.10 Å². The Hall–Kier alpha value is -5.78. The van der Waals surface area contributed by atoms with Crippen molar-refractivity contribution in [1.82, 2.24) is 19.9 Å². The van der Waals surface area contributed by atoms with E-state index in [0.717, 1.165) is 11.1 Å². The van der Waals surface area contributed by atoms with Crippen LogP contribution in [-0.4, -0.2) is 67.3 Å². The van der Waals surface area contributed by atoms with Gasteiger partial charge in [0.2, 0.25) is 11.7 Å². The molecule has 12 nitrogen and oxygen atoms in total. The third-order valence-electron chi connectivity index (χ3n) is 7.73. The summed E-state index contributed by atoms with van der Waals surface area (Å²) in [6.07, 6.45) is 0. The second-order valence-electron chi connectivity index (χ2n) is 10.7.